The maximum absolute atomic E-state index is 12.9. The fourth-order valence-electron chi connectivity index (χ4n) is 3.51. The van der Waals surface area contributed by atoms with E-state index in [4.69, 9.17) is 0 Å². The zero-order valence-electron chi connectivity index (χ0n) is 13.8. The van der Waals surface area contributed by atoms with Gasteiger partial charge in [-0.25, -0.2) is 17.5 Å². The van der Waals surface area contributed by atoms with Crippen LogP contribution in [0.3, 0.4) is 0 Å². The van der Waals surface area contributed by atoms with E-state index >= 15 is 0 Å². The highest BCUT2D eigenvalue weighted by atomic mass is 35.5. The van der Waals surface area contributed by atoms with Gasteiger partial charge in [-0.2, -0.15) is 0 Å². The first-order valence-corrected chi connectivity index (χ1v) is 9.73. The highest BCUT2D eigenvalue weighted by Crippen LogP contribution is 2.28. The number of hydrogen-bond donors (Lipinski definition) is 2. The summed E-state index contributed by atoms with van der Waals surface area (Å²) in [6.07, 6.45) is 3.11. The summed E-state index contributed by atoms with van der Waals surface area (Å²) in [5.41, 5.74) is 0. The van der Waals surface area contributed by atoms with E-state index in [1.54, 1.807) is 0 Å². The van der Waals surface area contributed by atoms with Crippen LogP contribution in [-0.4, -0.2) is 50.9 Å². The average Bonchev–Trinajstić information content (AvgIpc) is 2.80. The lowest BCUT2D eigenvalue weighted by atomic mass is 10.1. The first-order chi connectivity index (χ1) is 11.5. The Kier molecular flexibility index (Phi) is 6.79. The number of nitrogens with one attached hydrogen (secondary N) is 2. The lowest BCUT2D eigenvalue weighted by molar-refractivity contribution is -0.133. The summed E-state index contributed by atoms with van der Waals surface area (Å²) in [7, 11) is -3.72. The minimum Gasteiger partial charge on any atom is -0.335 e. The molecule has 3 rings (SSSR count). The quantitative estimate of drug-likeness (QED) is 0.792. The number of amides is 1. The molecule has 2 fully saturated rings. The Hall–Kier alpha value is -1.22. The molecule has 1 aromatic carbocycles. The third-order valence-corrected chi connectivity index (χ3v) is 6.17. The van der Waals surface area contributed by atoms with Crippen molar-refractivity contribution in [3.05, 3.63) is 30.1 Å². The molecule has 25 heavy (non-hydrogen) atoms. The maximum atomic E-state index is 12.9. The first-order valence-electron chi connectivity index (χ1n) is 8.24. The van der Waals surface area contributed by atoms with Gasteiger partial charge in [-0.15, -0.1) is 12.4 Å². The molecule has 0 aromatic heterocycles. The Morgan fingerprint density at radius 1 is 1.20 bits per heavy atom. The number of carbonyl (C=O) groups excluding carboxylic acids is 1. The van der Waals surface area contributed by atoms with Crippen LogP contribution in [0.4, 0.5) is 4.39 Å². The molecular weight excluding hydrogens is 369 g/mol. The molecule has 0 radical (unpaired) electrons. The van der Waals surface area contributed by atoms with Crippen LogP contribution in [0, 0.1) is 5.82 Å². The van der Waals surface area contributed by atoms with Crippen molar-refractivity contribution in [3.8, 4) is 0 Å². The van der Waals surface area contributed by atoms with Crippen LogP contribution >= 0.6 is 12.4 Å². The van der Waals surface area contributed by atoms with E-state index in [0.717, 1.165) is 44.5 Å². The van der Waals surface area contributed by atoms with Crippen molar-refractivity contribution in [2.45, 2.75) is 42.7 Å². The number of benzene rings is 1. The Morgan fingerprint density at radius 2 is 1.88 bits per heavy atom. The second-order valence-corrected chi connectivity index (χ2v) is 8.05. The molecule has 0 saturated carbocycles. The van der Waals surface area contributed by atoms with Crippen LogP contribution < -0.4 is 10.0 Å². The summed E-state index contributed by atoms with van der Waals surface area (Å²) in [6.45, 7) is 1.77. The molecule has 2 unspecified atom stereocenters. The lowest BCUT2D eigenvalue weighted by Gasteiger charge is -2.28. The summed E-state index contributed by atoms with van der Waals surface area (Å²) in [5, 5.41) is 3.33. The number of fused-ring (bicyclic) bond motifs is 2. The monoisotopic (exact) mass is 391 g/mol. The van der Waals surface area contributed by atoms with Crippen LogP contribution in [-0.2, 0) is 14.8 Å². The fraction of sp³-hybridized carbons (Fsp3) is 0.562. The van der Waals surface area contributed by atoms with Gasteiger partial charge in [-0.1, -0.05) is 0 Å². The molecule has 6 nitrogen and oxygen atoms in total. The Balaban J connectivity index is 0.00000225. The fourth-order valence-corrected chi connectivity index (χ4v) is 4.54. The molecule has 9 heteroatoms. The van der Waals surface area contributed by atoms with Gasteiger partial charge in [-0.05, 0) is 50.1 Å². The predicted octanol–water partition coefficient (Wildman–Crippen LogP) is 1.27. The SMILES string of the molecule is Cl.O=C(CCNS(=O)(=O)c1ccc(F)cc1)N1C2CCNCC1CC2. The van der Waals surface area contributed by atoms with Crippen LogP contribution in [0.1, 0.15) is 25.7 Å². The van der Waals surface area contributed by atoms with E-state index in [1.165, 1.54) is 12.1 Å². The standard InChI is InChI=1S/C16H22FN3O3S.ClH/c17-12-1-5-15(6-2-12)24(22,23)19-10-8-16(21)20-13-3-4-14(20)11-18-9-7-13;/h1-2,5-6,13-14,18-19H,3-4,7-11H2;1H. The third-order valence-electron chi connectivity index (χ3n) is 4.70. The van der Waals surface area contributed by atoms with E-state index in [1.807, 2.05) is 4.90 Å². The first kappa shape index (κ1) is 20.1. The Labute approximate surface area is 153 Å². The number of nitrogens with zero attached hydrogens (tertiary/aromatic N) is 1. The van der Waals surface area contributed by atoms with Gasteiger partial charge in [0.2, 0.25) is 15.9 Å². The van der Waals surface area contributed by atoms with Crippen molar-refractivity contribution in [2.24, 2.45) is 0 Å². The van der Waals surface area contributed by atoms with Gasteiger partial charge >= 0.3 is 0 Å². The van der Waals surface area contributed by atoms with E-state index in [0.29, 0.717) is 0 Å². The van der Waals surface area contributed by atoms with Crippen molar-refractivity contribution < 1.29 is 17.6 Å². The number of sulfonamides is 1. The van der Waals surface area contributed by atoms with Crippen molar-refractivity contribution >= 4 is 28.3 Å². The van der Waals surface area contributed by atoms with Crippen LogP contribution in [0.5, 0.6) is 0 Å². The number of carbonyl (C=O) groups is 1. The van der Waals surface area contributed by atoms with Gasteiger partial charge in [0.25, 0.3) is 0 Å². The molecule has 1 aromatic rings. The van der Waals surface area contributed by atoms with Crippen LogP contribution in [0.2, 0.25) is 0 Å². The highest BCUT2D eigenvalue weighted by Gasteiger charge is 2.37. The summed E-state index contributed by atoms with van der Waals surface area (Å²) in [4.78, 5) is 14.4. The molecule has 2 bridgehead atoms. The average molecular weight is 392 g/mol. The van der Waals surface area contributed by atoms with Gasteiger partial charge in [0.05, 0.1) is 4.90 Å². The van der Waals surface area contributed by atoms with Gasteiger partial charge in [0, 0.05) is 31.6 Å². The van der Waals surface area contributed by atoms with E-state index in [9.17, 15) is 17.6 Å². The van der Waals surface area contributed by atoms with Crippen molar-refractivity contribution in [2.75, 3.05) is 19.6 Å². The molecule has 0 aliphatic carbocycles. The molecule has 2 aliphatic rings. The zero-order valence-corrected chi connectivity index (χ0v) is 15.4. The van der Waals surface area contributed by atoms with Gasteiger partial charge in [0.15, 0.2) is 0 Å². The normalized spacial score (nSPS) is 23.0. The molecule has 140 valence electrons. The van der Waals surface area contributed by atoms with Crippen LogP contribution in [0.15, 0.2) is 29.2 Å². The highest BCUT2D eigenvalue weighted by molar-refractivity contribution is 7.89. The van der Waals surface area contributed by atoms with Crippen molar-refractivity contribution in [3.63, 3.8) is 0 Å². The minimum absolute atomic E-state index is 0. The lowest BCUT2D eigenvalue weighted by Crippen LogP contribution is -2.43. The molecule has 2 aliphatic heterocycles. The molecule has 1 amide bonds. The summed E-state index contributed by atoms with van der Waals surface area (Å²) in [5.74, 6) is -0.498. The minimum atomic E-state index is -3.72. The van der Waals surface area contributed by atoms with Gasteiger partial charge < -0.3 is 10.2 Å². The summed E-state index contributed by atoms with van der Waals surface area (Å²) in [6, 6.07) is 5.11. The summed E-state index contributed by atoms with van der Waals surface area (Å²) >= 11 is 0. The van der Waals surface area contributed by atoms with E-state index in [-0.39, 0.29) is 48.3 Å². The van der Waals surface area contributed by atoms with Crippen molar-refractivity contribution in [1.29, 1.82) is 0 Å². The Morgan fingerprint density at radius 3 is 2.60 bits per heavy atom. The second kappa shape index (κ2) is 8.44. The molecular formula is C16H23ClFN3O3S. The third kappa shape index (κ3) is 4.69. The smallest absolute Gasteiger partial charge is 0.240 e. The molecule has 2 N–H and O–H groups in total. The maximum Gasteiger partial charge on any atom is 0.240 e. The molecule has 2 atom stereocenters. The van der Waals surface area contributed by atoms with E-state index < -0.39 is 15.8 Å². The Bertz CT molecular complexity index is 685. The zero-order chi connectivity index (χ0) is 17.2. The van der Waals surface area contributed by atoms with Gasteiger partial charge in [-0.3, -0.25) is 4.79 Å². The van der Waals surface area contributed by atoms with Crippen LogP contribution in [0.25, 0.3) is 0 Å². The number of rotatable bonds is 5. The topological polar surface area (TPSA) is 78.5 Å². The molecule has 2 saturated heterocycles. The molecule has 0 spiro atoms. The number of halogens is 2. The summed E-state index contributed by atoms with van der Waals surface area (Å²) < 4.78 is 39.6. The number of hydrogen-bond acceptors (Lipinski definition) is 4. The van der Waals surface area contributed by atoms with Gasteiger partial charge in [0.1, 0.15) is 5.82 Å². The second-order valence-electron chi connectivity index (χ2n) is 6.28. The largest absolute Gasteiger partial charge is 0.335 e. The molecule has 2 heterocycles. The van der Waals surface area contributed by atoms with E-state index in [2.05, 4.69) is 10.0 Å². The van der Waals surface area contributed by atoms with Crippen molar-refractivity contribution in [1.82, 2.24) is 14.9 Å². The predicted molar refractivity (Wildman–Crippen MR) is 94.6 cm³/mol.